The van der Waals surface area contributed by atoms with Crippen molar-refractivity contribution in [3.8, 4) is 0 Å². The fourth-order valence-corrected chi connectivity index (χ4v) is 8.20. The molecule has 2 N–H and O–H groups in total. The first-order valence-electron chi connectivity index (χ1n) is 16.6. The summed E-state index contributed by atoms with van der Waals surface area (Å²) in [5.74, 6) is 0.841. The second kappa shape index (κ2) is 16.2. The average molecular weight is 612 g/mol. The van der Waals surface area contributed by atoms with E-state index in [-0.39, 0.29) is 29.8 Å². The zero-order valence-corrected chi connectivity index (χ0v) is 28.8. The van der Waals surface area contributed by atoms with Crippen LogP contribution in [0.1, 0.15) is 128 Å². The number of carbonyl (C=O) groups is 1. The van der Waals surface area contributed by atoms with Crippen molar-refractivity contribution in [1.82, 2.24) is 14.9 Å². The van der Waals surface area contributed by atoms with Gasteiger partial charge in [0.2, 0.25) is 15.9 Å². The molecule has 0 aliphatic carbocycles. The maximum absolute atomic E-state index is 14.2. The molecule has 0 saturated carbocycles. The van der Waals surface area contributed by atoms with E-state index in [9.17, 15) is 13.2 Å². The molecule has 240 valence electrons. The number of likely N-dealkylation sites (tertiary alicyclic amines) is 1. The summed E-state index contributed by atoms with van der Waals surface area (Å²) in [4.78, 5) is 15.9. The third kappa shape index (κ3) is 10.2. The summed E-state index contributed by atoms with van der Waals surface area (Å²) < 4.78 is 31.6. The minimum absolute atomic E-state index is 0.0665. The normalized spacial score (nSPS) is 17.0. The molecular weight excluding hydrogens is 554 g/mol. The Bertz CT molecular complexity index is 1240. The molecular formula is C36H57N3O3S. The number of unbranched alkanes of at least 4 members (excludes halogenated alkanes) is 1. The van der Waals surface area contributed by atoms with Gasteiger partial charge >= 0.3 is 0 Å². The highest BCUT2D eigenvalue weighted by molar-refractivity contribution is 7.89. The van der Waals surface area contributed by atoms with Gasteiger partial charge in [-0.2, -0.15) is 0 Å². The summed E-state index contributed by atoms with van der Waals surface area (Å²) in [5, 5.41) is 3.16. The van der Waals surface area contributed by atoms with Crippen LogP contribution >= 0.6 is 0 Å². The summed E-state index contributed by atoms with van der Waals surface area (Å²) in [7, 11) is -3.80. The summed E-state index contributed by atoms with van der Waals surface area (Å²) >= 11 is 0. The summed E-state index contributed by atoms with van der Waals surface area (Å²) in [5.41, 5.74) is 4.27. The highest BCUT2D eigenvalue weighted by Gasteiger charge is 2.35. The summed E-state index contributed by atoms with van der Waals surface area (Å²) in [6.45, 7) is 18.9. The van der Waals surface area contributed by atoms with Crippen LogP contribution in [-0.4, -0.2) is 50.9 Å². The molecule has 2 atom stereocenters. The number of aryl methyl sites for hydroxylation is 1. The molecule has 0 spiro atoms. The van der Waals surface area contributed by atoms with Crippen molar-refractivity contribution in [2.45, 2.75) is 129 Å². The number of carbonyl (C=O) groups excluding carboxylic acids is 1. The highest BCUT2D eigenvalue weighted by Crippen LogP contribution is 2.35. The zero-order valence-electron chi connectivity index (χ0n) is 27.9. The van der Waals surface area contributed by atoms with Gasteiger partial charge in [0.25, 0.3) is 0 Å². The molecule has 1 fully saturated rings. The van der Waals surface area contributed by atoms with Gasteiger partial charge in [0, 0.05) is 19.1 Å². The van der Waals surface area contributed by atoms with Crippen molar-refractivity contribution < 1.29 is 13.2 Å². The van der Waals surface area contributed by atoms with Crippen LogP contribution in [0.25, 0.3) is 0 Å². The van der Waals surface area contributed by atoms with Gasteiger partial charge in [-0.15, -0.1) is 0 Å². The number of hydrogen-bond donors (Lipinski definition) is 2. The van der Waals surface area contributed by atoms with Crippen molar-refractivity contribution in [3.63, 3.8) is 0 Å². The lowest BCUT2D eigenvalue weighted by atomic mass is 9.89. The number of benzene rings is 2. The van der Waals surface area contributed by atoms with Gasteiger partial charge in [0.1, 0.15) is 0 Å². The zero-order chi connectivity index (χ0) is 31.7. The fraction of sp³-hybridized carbons (Fsp3) is 0.639. The second-order valence-corrected chi connectivity index (χ2v) is 15.5. The first-order valence-corrected chi connectivity index (χ1v) is 18.0. The molecule has 0 aromatic heterocycles. The van der Waals surface area contributed by atoms with Gasteiger partial charge in [-0.05, 0) is 91.0 Å². The topological polar surface area (TPSA) is 78.5 Å². The molecule has 1 amide bonds. The van der Waals surface area contributed by atoms with E-state index in [0.717, 1.165) is 49.8 Å². The Kier molecular flexibility index (Phi) is 13.3. The Labute approximate surface area is 262 Å². The lowest BCUT2D eigenvalue weighted by Gasteiger charge is -2.31. The van der Waals surface area contributed by atoms with Gasteiger partial charge in [-0.1, -0.05) is 97.9 Å². The Morgan fingerprint density at radius 2 is 1.53 bits per heavy atom. The van der Waals surface area contributed by atoms with Gasteiger partial charge in [0.15, 0.2) is 0 Å². The SMILES string of the molecule is CC(C)C[C@@H](CN1CCC[C@H]1C(=O)NCCCCc1ccccc1)NS(=O)(=O)c1c(C(C)C)cc(C(C)C)cc1C(C)C. The lowest BCUT2D eigenvalue weighted by Crippen LogP contribution is -2.50. The molecule has 7 heteroatoms. The molecule has 1 aliphatic rings. The van der Waals surface area contributed by atoms with E-state index < -0.39 is 10.0 Å². The van der Waals surface area contributed by atoms with E-state index in [2.05, 4.69) is 107 Å². The second-order valence-electron chi connectivity index (χ2n) is 13.8. The molecule has 1 aliphatic heterocycles. The van der Waals surface area contributed by atoms with E-state index in [1.807, 2.05) is 6.07 Å². The Morgan fingerprint density at radius 1 is 0.907 bits per heavy atom. The van der Waals surface area contributed by atoms with E-state index in [1.54, 1.807) is 0 Å². The van der Waals surface area contributed by atoms with Gasteiger partial charge in [-0.3, -0.25) is 9.69 Å². The third-order valence-corrected chi connectivity index (χ3v) is 10.2. The predicted octanol–water partition coefficient (Wildman–Crippen LogP) is 7.35. The van der Waals surface area contributed by atoms with Gasteiger partial charge in [-0.25, -0.2) is 13.1 Å². The van der Waals surface area contributed by atoms with Crippen LogP contribution in [0.4, 0.5) is 0 Å². The molecule has 0 radical (unpaired) electrons. The predicted molar refractivity (Wildman–Crippen MR) is 179 cm³/mol. The van der Waals surface area contributed by atoms with Crippen LogP contribution in [0.3, 0.4) is 0 Å². The standard InChI is InChI=1S/C36H57N3O3S/c1-25(2)21-31(38-43(41,42)35-32(27(5)6)22-30(26(3)4)23-33(35)28(7)8)24-39-20-14-18-34(39)36(40)37-19-13-12-17-29-15-10-9-11-16-29/h9-11,15-16,22-23,25-28,31,34,38H,12-14,17-21,24H2,1-8H3,(H,37,40)/t31-,34-/m0/s1. The number of nitrogens with one attached hydrogen (secondary N) is 2. The first kappa shape index (κ1) is 35.3. The quantitative estimate of drug-likeness (QED) is 0.195. The summed E-state index contributed by atoms with van der Waals surface area (Å²) in [6, 6.07) is 14.1. The van der Waals surface area contributed by atoms with Crippen molar-refractivity contribution >= 4 is 15.9 Å². The molecule has 2 aromatic rings. The number of amides is 1. The van der Waals surface area contributed by atoms with Crippen molar-refractivity contribution in [3.05, 3.63) is 64.7 Å². The average Bonchev–Trinajstić information content (AvgIpc) is 3.40. The maximum atomic E-state index is 14.2. The number of sulfonamides is 1. The molecule has 0 unspecified atom stereocenters. The Morgan fingerprint density at radius 3 is 2.09 bits per heavy atom. The van der Waals surface area contributed by atoms with E-state index >= 15 is 0 Å². The maximum Gasteiger partial charge on any atom is 0.241 e. The van der Waals surface area contributed by atoms with Crippen LogP contribution in [0, 0.1) is 5.92 Å². The molecule has 1 saturated heterocycles. The van der Waals surface area contributed by atoms with E-state index in [4.69, 9.17) is 0 Å². The number of nitrogens with zero attached hydrogens (tertiary/aromatic N) is 1. The molecule has 2 aromatic carbocycles. The smallest absolute Gasteiger partial charge is 0.241 e. The van der Waals surface area contributed by atoms with Gasteiger partial charge < -0.3 is 5.32 Å². The summed E-state index contributed by atoms with van der Waals surface area (Å²) in [6.07, 6.45) is 5.45. The first-order chi connectivity index (χ1) is 20.3. The highest BCUT2D eigenvalue weighted by atomic mass is 32.2. The van der Waals surface area contributed by atoms with Crippen LogP contribution in [-0.2, 0) is 21.2 Å². The van der Waals surface area contributed by atoms with E-state index in [1.165, 1.54) is 11.1 Å². The van der Waals surface area contributed by atoms with E-state index in [0.29, 0.717) is 36.2 Å². The van der Waals surface area contributed by atoms with Gasteiger partial charge in [0.05, 0.1) is 10.9 Å². The lowest BCUT2D eigenvalue weighted by molar-refractivity contribution is -0.125. The molecule has 43 heavy (non-hydrogen) atoms. The van der Waals surface area contributed by atoms with Crippen molar-refractivity contribution in [1.29, 1.82) is 0 Å². The fourth-order valence-electron chi connectivity index (χ4n) is 6.26. The minimum Gasteiger partial charge on any atom is -0.355 e. The molecule has 3 rings (SSSR count). The minimum atomic E-state index is -3.80. The van der Waals surface area contributed by atoms with Crippen LogP contribution in [0.15, 0.2) is 47.4 Å². The van der Waals surface area contributed by atoms with Crippen molar-refractivity contribution in [2.75, 3.05) is 19.6 Å². The van der Waals surface area contributed by atoms with Crippen molar-refractivity contribution in [2.24, 2.45) is 5.92 Å². The molecule has 0 bridgehead atoms. The number of hydrogen-bond acceptors (Lipinski definition) is 4. The largest absolute Gasteiger partial charge is 0.355 e. The Hall–Kier alpha value is -2.22. The molecule has 6 nitrogen and oxygen atoms in total. The van der Waals surface area contributed by atoms with Crippen LogP contribution < -0.4 is 10.0 Å². The third-order valence-electron chi connectivity index (χ3n) is 8.58. The monoisotopic (exact) mass is 611 g/mol. The molecule has 1 heterocycles. The Balaban J connectivity index is 1.73. The van der Waals surface area contributed by atoms with Crippen LogP contribution in [0.2, 0.25) is 0 Å². The number of rotatable bonds is 16. The van der Waals surface area contributed by atoms with Crippen LogP contribution in [0.5, 0.6) is 0 Å².